The van der Waals surface area contributed by atoms with E-state index in [2.05, 4.69) is 129 Å². The van der Waals surface area contributed by atoms with E-state index in [1.165, 1.54) is 51.7 Å². The lowest BCUT2D eigenvalue weighted by Crippen LogP contribution is -2.60. The molecule has 5 heteroatoms. The van der Waals surface area contributed by atoms with Crippen LogP contribution in [-0.2, 0) is 21.7 Å². The second-order valence-corrected chi connectivity index (χ2v) is 16.3. The monoisotopic (exact) mass is 569 g/mol. The second kappa shape index (κ2) is 8.97. The average Bonchev–Trinajstić information content (AvgIpc) is 2.94. The van der Waals surface area contributed by atoms with E-state index < -0.39 is 0 Å². The second-order valence-electron chi connectivity index (χ2n) is 16.3. The Morgan fingerprint density at radius 2 is 1.33 bits per heavy atom. The van der Waals surface area contributed by atoms with Crippen LogP contribution in [0.2, 0.25) is 0 Å². The molecule has 1 aliphatic carbocycles. The largest absolute Gasteiger partial charge is 0.440 e. The lowest BCUT2D eigenvalue weighted by molar-refractivity contribution is 0.330. The molecule has 4 nitrogen and oxygen atoms in total. The zero-order valence-electron chi connectivity index (χ0n) is 27.5. The van der Waals surface area contributed by atoms with Crippen LogP contribution in [0.25, 0.3) is 0 Å². The van der Waals surface area contributed by atoms with Crippen molar-refractivity contribution in [2.24, 2.45) is 0 Å². The van der Waals surface area contributed by atoms with E-state index in [-0.39, 0.29) is 28.4 Å². The summed E-state index contributed by atoms with van der Waals surface area (Å²) in [5.41, 5.74) is 11.6. The van der Waals surface area contributed by atoms with Crippen LogP contribution in [-0.4, -0.2) is 16.7 Å². The summed E-state index contributed by atoms with van der Waals surface area (Å²) < 4.78 is 6.73. The molecule has 4 aromatic rings. The van der Waals surface area contributed by atoms with E-state index in [1.807, 2.05) is 0 Å². The fraction of sp³-hybridized carbons (Fsp3) is 0.421. The Balaban J connectivity index is 1.50. The highest BCUT2D eigenvalue weighted by atomic mass is 16.5. The predicted octanol–water partition coefficient (Wildman–Crippen LogP) is 7.83. The summed E-state index contributed by atoms with van der Waals surface area (Å²) in [5.74, 6) is 2.50. The molecule has 3 aromatic carbocycles. The minimum absolute atomic E-state index is 0.0107. The molecule has 0 N–H and O–H groups in total. The molecule has 7 rings (SSSR count). The van der Waals surface area contributed by atoms with Crippen LogP contribution in [0.4, 0.5) is 17.2 Å². The van der Waals surface area contributed by atoms with Crippen LogP contribution in [0.5, 0.6) is 11.6 Å². The zero-order valence-corrected chi connectivity index (χ0v) is 27.5. The fourth-order valence-electron chi connectivity index (χ4n) is 7.33. The van der Waals surface area contributed by atoms with Crippen molar-refractivity contribution in [2.45, 2.75) is 104 Å². The molecule has 3 heterocycles. The average molecular weight is 570 g/mol. The highest BCUT2D eigenvalue weighted by Gasteiger charge is 2.46. The fourth-order valence-corrected chi connectivity index (χ4v) is 7.33. The number of benzene rings is 3. The van der Waals surface area contributed by atoms with Crippen molar-refractivity contribution in [3.05, 3.63) is 83.2 Å². The third-order valence-corrected chi connectivity index (χ3v) is 10.3. The molecule has 0 bridgehead atoms. The van der Waals surface area contributed by atoms with E-state index in [9.17, 15) is 0 Å². The van der Waals surface area contributed by atoms with Gasteiger partial charge in [0.25, 0.3) is 6.71 Å². The van der Waals surface area contributed by atoms with Gasteiger partial charge in [0.1, 0.15) is 17.9 Å². The Morgan fingerprint density at radius 1 is 0.721 bits per heavy atom. The zero-order chi connectivity index (χ0) is 30.7. The number of anilines is 3. The van der Waals surface area contributed by atoms with Crippen LogP contribution in [0.3, 0.4) is 0 Å². The molecule has 0 fully saturated rings. The Hall–Kier alpha value is -3.60. The Kier molecular flexibility index (Phi) is 5.88. The van der Waals surface area contributed by atoms with Gasteiger partial charge in [-0.05, 0) is 91.9 Å². The molecule has 0 saturated heterocycles. The van der Waals surface area contributed by atoms with Crippen LogP contribution in [0.15, 0.2) is 60.9 Å². The first-order valence-electron chi connectivity index (χ1n) is 15.8. The first-order valence-corrected chi connectivity index (χ1v) is 15.8. The number of aromatic nitrogens is 2. The van der Waals surface area contributed by atoms with Gasteiger partial charge in [-0.1, -0.05) is 99.6 Å². The maximum absolute atomic E-state index is 6.73. The smallest absolute Gasteiger partial charge is 0.260 e. The summed E-state index contributed by atoms with van der Waals surface area (Å²) in [5, 5.41) is 0. The molecule has 3 aliphatic rings. The van der Waals surface area contributed by atoms with Gasteiger partial charge in [0, 0.05) is 16.8 Å². The molecule has 0 radical (unpaired) electrons. The third kappa shape index (κ3) is 4.33. The van der Waals surface area contributed by atoms with Crippen LogP contribution in [0, 0.1) is 0 Å². The van der Waals surface area contributed by atoms with Crippen molar-refractivity contribution in [3.8, 4) is 11.6 Å². The molecule has 0 unspecified atom stereocenters. The SMILES string of the molecule is CC(C)(C)c1ccc(N2c3ccc(C(C)(C)C)cc3B3c4cc5c(cc4Oc4ncnc2c43)C(C)(C)CCC5(C)C)cc1. The minimum Gasteiger partial charge on any atom is -0.440 e. The summed E-state index contributed by atoms with van der Waals surface area (Å²) in [4.78, 5) is 12.0. The third-order valence-electron chi connectivity index (χ3n) is 10.3. The maximum atomic E-state index is 6.73. The van der Waals surface area contributed by atoms with Gasteiger partial charge >= 0.3 is 0 Å². The highest BCUT2D eigenvalue weighted by molar-refractivity contribution is 6.99. The van der Waals surface area contributed by atoms with E-state index in [0.29, 0.717) is 5.88 Å². The first kappa shape index (κ1) is 28.2. The molecule has 43 heavy (non-hydrogen) atoms. The van der Waals surface area contributed by atoms with Gasteiger partial charge in [0.2, 0.25) is 5.88 Å². The molecular formula is C38H44BN3O. The first-order chi connectivity index (χ1) is 20.1. The van der Waals surface area contributed by atoms with Crippen LogP contribution in [0.1, 0.15) is 104 Å². The van der Waals surface area contributed by atoms with Crippen molar-refractivity contribution in [1.29, 1.82) is 0 Å². The van der Waals surface area contributed by atoms with Gasteiger partial charge in [-0.25, -0.2) is 9.97 Å². The molecular weight excluding hydrogens is 525 g/mol. The lowest BCUT2D eigenvalue weighted by Gasteiger charge is -2.44. The number of rotatable bonds is 1. The van der Waals surface area contributed by atoms with Crippen LogP contribution < -0.4 is 26.0 Å². The van der Waals surface area contributed by atoms with Crippen molar-refractivity contribution < 1.29 is 4.74 Å². The summed E-state index contributed by atoms with van der Waals surface area (Å²) >= 11 is 0. The summed E-state index contributed by atoms with van der Waals surface area (Å²) in [7, 11) is 0. The van der Waals surface area contributed by atoms with Gasteiger partial charge in [-0.15, -0.1) is 0 Å². The quantitative estimate of drug-likeness (QED) is 0.189. The topological polar surface area (TPSA) is 38.2 Å². The van der Waals surface area contributed by atoms with Gasteiger partial charge in [0.15, 0.2) is 0 Å². The number of ether oxygens (including phenoxy) is 1. The highest BCUT2D eigenvalue weighted by Crippen LogP contribution is 2.48. The Bertz CT molecular complexity index is 1770. The van der Waals surface area contributed by atoms with Crippen molar-refractivity contribution in [2.75, 3.05) is 4.90 Å². The van der Waals surface area contributed by atoms with Crippen LogP contribution >= 0.6 is 0 Å². The Labute approximate surface area is 258 Å². The molecule has 0 saturated carbocycles. The molecule has 0 atom stereocenters. The van der Waals surface area contributed by atoms with E-state index in [1.54, 1.807) is 6.33 Å². The van der Waals surface area contributed by atoms with Crippen molar-refractivity contribution >= 4 is 40.3 Å². The lowest BCUT2D eigenvalue weighted by atomic mass is 9.34. The molecule has 0 spiro atoms. The van der Waals surface area contributed by atoms with Crippen molar-refractivity contribution in [1.82, 2.24) is 9.97 Å². The van der Waals surface area contributed by atoms with Gasteiger partial charge in [0.05, 0.1) is 0 Å². The van der Waals surface area contributed by atoms with Gasteiger partial charge < -0.3 is 4.74 Å². The molecule has 1 aromatic heterocycles. The van der Waals surface area contributed by atoms with Gasteiger partial charge in [-0.3, -0.25) is 4.90 Å². The normalized spacial score (nSPS) is 17.8. The summed E-state index contributed by atoms with van der Waals surface area (Å²) in [6.45, 7) is 23.2. The molecule has 2 aliphatic heterocycles. The van der Waals surface area contributed by atoms with E-state index in [0.717, 1.165) is 22.7 Å². The van der Waals surface area contributed by atoms with Gasteiger partial charge in [-0.2, -0.15) is 0 Å². The molecule has 220 valence electrons. The molecule has 0 amide bonds. The standard InChI is InChI=1S/C38H44BN3O/c1-35(2,3)23-11-14-25(15-12-23)42-30-16-13-24(36(4,5)6)19-28(30)39-29-20-26-27(38(9,10)18-17-37(26,7)8)21-31(29)43-34-32(39)33(42)40-22-41-34/h11-16,19-22H,17-18H2,1-10H3. The summed E-state index contributed by atoms with van der Waals surface area (Å²) in [6, 6.07) is 20.8. The van der Waals surface area contributed by atoms with E-state index in [4.69, 9.17) is 14.7 Å². The summed E-state index contributed by atoms with van der Waals surface area (Å²) in [6.07, 6.45) is 4.00. The van der Waals surface area contributed by atoms with Crippen molar-refractivity contribution in [3.63, 3.8) is 0 Å². The number of hydrogen-bond donors (Lipinski definition) is 0. The number of fused-ring (bicyclic) bond motifs is 5. The Morgan fingerprint density at radius 3 is 1.95 bits per heavy atom. The van der Waals surface area contributed by atoms with E-state index >= 15 is 0 Å². The predicted molar refractivity (Wildman–Crippen MR) is 181 cm³/mol. The minimum atomic E-state index is -0.0107. The maximum Gasteiger partial charge on any atom is 0.260 e. The number of nitrogens with zero attached hydrogens (tertiary/aromatic N) is 3. The number of hydrogen-bond acceptors (Lipinski definition) is 4.